The van der Waals surface area contributed by atoms with Gasteiger partial charge in [0.1, 0.15) is 18.2 Å². The van der Waals surface area contributed by atoms with Gasteiger partial charge in [-0.1, -0.05) is 52.5 Å². The monoisotopic (exact) mass is 558 g/mol. The van der Waals surface area contributed by atoms with Crippen molar-refractivity contribution in [1.82, 2.24) is 0 Å². The van der Waals surface area contributed by atoms with Gasteiger partial charge in [0.05, 0.1) is 21.6 Å². The van der Waals surface area contributed by atoms with Gasteiger partial charge in [-0.05, 0) is 77.3 Å². The van der Waals surface area contributed by atoms with Crippen LogP contribution >= 0.6 is 39.1 Å². The van der Waals surface area contributed by atoms with Crippen molar-refractivity contribution in [1.29, 1.82) is 5.26 Å². The molecule has 0 bridgehead atoms. The number of benzene rings is 3. The van der Waals surface area contributed by atoms with Crippen molar-refractivity contribution >= 4 is 56.8 Å². The highest BCUT2D eigenvalue weighted by Crippen LogP contribution is 2.38. The highest BCUT2D eigenvalue weighted by molar-refractivity contribution is 9.10. The molecule has 0 unspecified atom stereocenters. The number of rotatable bonds is 7. The fourth-order valence-corrected chi connectivity index (χ4v) is 4.23. The summed E-state index contributed by atoms with van der Waals surface area (Å²) < 4.78 is 12.2. The average molecular weight is 560 g/mol. The van der Waals surface area contributed by atoms with Crippen molar-refractivity contribution < 1.29 is 14.3 Å². The van der Waals surface area contributed by atoms with E-state index >= 15 is 0 Å². The molecule has 0 saturated heterocycles. The Morgan fingerprint density at radius 1 is 1.09 bits per heavy atom. The smallest absolute Gasteiger partial charge is 0.266 e. The van der Waals surface area contributed by atoms with E-state index in [1.165, 1.54) is 19.3 Å². The van der Waals surface area contributed by atoms with Crippen LogP contribution in [0, 0.1) is 25.2 Å². The summed E-state index contributed by atoms with van der Waals surface area (Å²) in [6, 6.07) is 16.3. The van der Waals surface area contributed by atoms with Gasteiger partial charge in [0.2, 0.25) is 0 Å². The fraction of sp³-hybridized carbons (Fsp3) is 0.154. The first-order valence-electron chi connectivity index (χ1n) is 10.2. The summed E-state index contributed by atoms with van der Waals surface area (Å²) >= 11 is 15.4. The Bertz CT molecular complexity index is 1300. The average Bonchev–Trinajstić information content (AvgIpc) is 2.78. The first-order valence-corrected chi connectivity index (χ1v) is 11.7. The minimum Gasteiger partial charge on any atom is -0.493 e. The van der Waals surface area contributed by atoms with E-state index in [2.05, 4.69) is 39.4 Å². The molecule has 0 aliphatic carbocycles. The lowest BCUT2D eigenvalue weighted by molar-refractivity contribution is -0.112. The van der Waals surface area contributed by atoms with E-state index in [-0.39, 0.29) is 5.57 Å². The molecule has 3 aromatic carbocycles. The van der Waals surface area contributed by atoms with Crippen molar-refractivity contribution in [2.45, 2.75) is 20.5 Å². The van der Waals surface area contributed by atoms with Crippen LogP contribution in [0.5, 0.6) is 11.5 Å². The van der Waals surface area contributed by atoms with Gasteiger partial charge >= 0.3 is 0 Å². The molecule has 0 aliphatic rings. The molecule has 0 atom stereocenters. The van der Waals surface area contributed by atoms with Gasteiger partial charge in [-0.3, -0.25) is 4.79 Å². The SMILES string of the molecule is COc1cc(/C=C(\C#N)C(=O)Nc2ccc(Cl)c(Cl)c2)cc(Br)c1OCc1cc(C)cc(C)c1. The summed E-state index contributed by atoms with van der Waals surface area (Å²) in [6.45, 7) is 4.44. The zero-order valence-corrected chi connectivity index (χ0v) is 21.8. The lowest BCUT2D eigenvalue weighted by Crippen LogP contribution is -2.13. The topological polar surface area (TPSA) is 71.3 Å². The Morgan fingerprint density at radius 3 is 2.41 bits per heavy atom. The number of hydrogen-bond acceptors (Lipinski definition) is 4. The highest BCUT2D eigenvalue weighted by atomic mass is 79.9. The first-order chi connectivity index (χ1) is 16.2. The van der Waals surface area contributed by atoms with Crippen LogP contribution in [-0.2, 0) is 11.4 Å². The third kappa shape index (κ3) is 6.54. The summed E-state index contributed by atoms with van der Waals surface area (Å²) in [7, 11) is 1.53. The summed E-state index contributed by atoms with van der Waals surface area (Å²) in [4.78, 5) is 12.6. The maximum absolute atomic E-state index is 12.6. The second kappa shape index (κ2) is 11.4. The quantitative estimate of drug-likeness (QED) is 0.240. The number of halogens is 3. The van der Waals surface area contributed by atoms with E-state index in [0.717, 1.165) is 16.7 Å². The van der Waals surface area contributed by atoms with E-state index in [1.807, 2.05) is 19.9 Å². The Balaban J connectivity index is 1.82. The molecule has 3 aromatic rings. The van der Waals surface area contributed by atoms with Crippen LogP contribution in [0.2, 0.25) is 10.0 Å². The number of aryl methyl sites for hydroxylation is 2. The second-order valence-electron chi connectivity index (χ2n) is 7.57. The number of ether oxygens (including phenoxy) is 2. The van der Waals surface area contributed by atoms with Crippen LogP contribution in [-0.4, -0.2) is 13.0 Å². The van der Waals surface area contributed by atoms with Crippen molar-refractivity contribution in [2.24, 2.45) is 0 Å². The van der Waals surface area contributed by atoms with Crippen LogP contribution in [0.15, 0.2) is 58.6 Å². The van der Waals surface area contributed by atoms with Crippen molar-refractivity contribution in [3.63, 3.8) is 0 Å². The molecule has 3 rings (SSSR count). The normalized spacial score (nSPS) is 11.0. The molecular formula is C26H21BrCl2N2O3. The molecule has 0 spiro atoms. The molecule has 0 saturated carbocycles. The van der Waals surface area contributed by atoms with Gasteiger partial charge in [-0.15, -0.1) is 0 Å². The van der Waals surface area contributed by atoms with Gasteiger partial charge in [-0.25, -0.2) is 0 Å². The number of anilines is 1. The van der Waals surface area contributed by atoms with E-state index in [9.17, 15) is 10.1 Å². The molecule has 34 heavy (non-hydrogen) atoms. The number of carbonyl (C=O) groups is 1. The maximum Gasteiger partial charge on any atom is 0.266 e. The summed E-state index contributed by atoms with van der Waals surface area (Å²) in [6.07, 6.45) is 1.47. The van der Waals surface area contributed by atoms with Crippen molar-refractivity contribution in [2.75, 3.05) is 12.4 Å². The molecular weight excluding hydrogens is 539 g/mol. The summed E-state index contributed by atoms with van der Waals surface area (Å²) in [5.74, 6) is 0.413. The number of methoxy groups -OCH3 is 1. The molecule has 0 aromatic heterocycles. The molecule has 5 nitrogen and oxygen atoms in total. The predicted octanol–water partition coefficient (Wildman–Crippen LogP) is 7.51. The molecule has 0 heterocycles. The van der Waals surface area contributed by atoms with Crippen LogP contribution in [0.3, 0.4) is 0 Å². The molecule has 1 amide bonds. The molecule has 0 aliphatic heterocycles. The Kier molecular flexibility index (Phi) is 8.62. The summed E-state index contributed by atoms with van der Waals surface area (Å²) in [5.41, 5.74) is 4.28. The van der Waals surface area contributed by atoms with E-state index in [4.69, 9.17) is 32.7 Å². The van der Waals surface area contributed by atoms with Crippen LogP contribution in [0.4, 0.5) is 5.69 Å². The third-order valence-corrected chi connectivity index (χ3v) is 6.10. The fourth-order valence-electron chi connectivity index (χ4n) is 3.36. The van der Waals surface area contributed by atoms with Crippen LogP contribution in [0.25, 0.3) is 6.08 Å². The minimum atomic E-state index is -0.578. The lowest BCUT2D eigenvalue weighted by atomic mass is 10.1. The Hall–Kier alpha value is -2.98. The van der Waals surface area contributed by atoms with Gasteiger partial charge < -0.3 is 14.8 Å². The summed E-state index contributed by atoms with van der Waals surface area (Å²) in [5, 5.41) is 12.9. The third-order valence-electron chi connectivity index (χ3n) is 4.77. The first kappa shape index (κ1) is 25.6. The predicted molar refractivity (Wildman–Crippen MR) is 140 cm³/mol. The zero-order valence-electron chi connectivity index (χ0n) is 18.7. The Labute approximate surface area is 217 Å². The van der Waals surface area contributed by atoms with Gasteiger partial charge in [-0.2, -0.15) is 5.26 Å². The second-order valence-corrected chi connectivity index (χ2v) is 9.24. The molecule has 174 valence electrons. The Morgan fingerprint density at radius 2 is 1.79 bits per heavy atom. The van der Waals surface area contributed by atoms with E-state index in [1.54, 1.807) is 24.3 Å². The van der Waals surface area contributed by atoms with Gasteiger partial charge in [0, 0.05) is 5.69 Å². The number of hydrogen-bond donors (Lipinski definition) is 1. The number of carbonyl (C=O) groups excluding carboxylic acids is 1. The zero-order chi connectivity index (χ0) is 24.8. The van der Waals surface area contributed by atoms with Gasteiger partial charge in [0.25, 0.3) is 5.91 Å². The van der Waals surface area contributed by atoms with Crippen LogP contribution < -0.4 is 14.8 Å². The molecule has 0 radical (unpaired) electrons. The molecule has 0 fully saturated rings. The molecule has 1 N–H and O–H groups in total. The van der Waals surface area contributed by atoms with E-state index in [0.29, 0.717) is 43.9 Å². The van der Waals surface area contributed by atoms with E-state index < -0.39 is 5.91 Å². The molecule has 8 heteroatoms. The van der Waals surface area contributed by atoms with Crippen molar-refractivity contribution in [3.8, 4) is 17.6 Å². The van der Waals surface area contributed by atoms with Crippen molar-refractivity contribution in [3.05, 3.63) is 90.9 Å². The van der Waals surface area contributed by atoms with Gasteiger partial charge in [0.15, 0.2) is 11.5 Å². The lowest BCUT2D eigenvalue weighted by Gasteiger charge is -2.14. The largest absolute Gasteiger partial charge is 0.493 e. The minimum absolute atomic E-state index is 0.0936. The number of nitrogens with zero attached hydrogens (tertiary/aromatic N) is 1. The number of amides is 1. The number of nitriles is 1. The standard InChI is InChI=1S/C26H21BrCl2N2O3/c1-15-6-16(2)8-18(7-15)14-34-25-21(27)10-17(11-24(25)33-3)9-19(13-30)26(32)31-20-4-5-22(28)23(29)12-20/h4-12H,14H2,1-3H3,(H,31,32)/b19-9+. The number of nitrogens with one attached hydrogen (secondary N) is 1. The highest BCUT2D eigenvalue weighted by Gasteiger charge is 2.15. The van der Waals surface area contributed by atoms with Crippen LogP contribution in [0.1, 0.15) is 22.3 Å². The maximum atomic E-state index is 12.6.